The molecule has 0 aliphatic heterocycles. The Morgan fingerprint density at radius 2 is 0.700 bits per heavy atom. The van der Waals surface area contributed by atoms with Gasteiger partial charge in [0.15, 0.2) is 0 Å². The molecule has 0 nitrogen and oxygen atoms in total. The van der Waals surface area contributed by atoms with E-state index < -0.39 is 12.4 Å². The van der Waals surface area contributed by atoms with E-state index in [9.17, 15) is 26.3 Å². The molecule has 0 aromatic heterocycles. The van der Waals surface area contributed by atoms with Crippen LogP contribution >= 0.6 is 0 Å². The van der Waals surface area contributed by atoms with Gasteiger partial charge in [-0.1, -0.05) is 0 Å². The molecule has 0 unspecified atom stereocenters. The van der Waals surface area contributed by atoms with E-state index in [2.05, 4.69) is 0 Å². The van der Waals surface area contributed by atoms with Gasteiger partial charge in [-0.2, -0.15) is 26.3 Å². The molecule has 0 rings (SSSR count). The summed E-state index contributed by atoms with van der Waals surface area (Å²) in [6.45, 7) is 0. The molecule has 0 heterocycles. The number of halogens is 6. The number of hydrogen-bond acceptors (Lipinski definition) is 0. The molecule has 54 valence electrons. The van der Waals surface area contributed by atoms with E-state index in [0.717, 1.165) is 0 Å². The summed E-state index contributed by atoms with van der Waals surface area (Å²) in [5, 5.41) is 0. The third-order valence-electron chi connectivity index (χ3n) is 0.321. The van der Waals surface area contributed by atoms with Gasteiger partial charge in [0.05, 0.1) is 0 Å². The van der Waals surface area contributed by atoms with Crippen LogP contribution in [0.4, 0.5) is 26.3 Å². The van der Waals surface area contributed by atoms with Crippen LogP contribution in [0.15, 0.2) is 0 Å². The predicted octanol–water partition coefficient (Wildman–Crippen LogP) is -3.66. The second-order valence-corrected chi connectivity index (χ2v) is 0.996. The van der Waals surface area contributed by atoms with Crippen molar-refractivity contribution in [2.24, 2.45) is 0 Å². The Hall–Kier alpha value is 2.85. The molecule has 0 saturated heterocycles. The zero-order valence-corrected chi connectivity index (χ0v) is 11.5. The van der Waals surface area contributed by atoms with Gasteiger partial charge in [0.1, 0.15) is 0 Å². The zero-order valence-electron chi connectivity index (χ0n) is 7.27. The molecule has 0 N–H and O–H groups in total. The van der Waals surface area contributed by atoms with Gasteiger partial charge in [-0.05, 0) is 0 Å². The van der Waals surface area contributed by atoms with E-state index in [4.69, 9.17) is 0 Å². The van der Waals surface area contributed by atoms with Gasteiger partial charge in [0.25, 0.3) is 0 Å². The van der Waals surface area contributed by atoms with Gasteiger partial charge < -0.3 is 2.85 Å². The summed E-state index contributed by atoms with van der Waals surface area (Å²) in [5.41, 5.74) is 0. The van der Waals surface area contributed by atoms with Crippen molar-refractivity contribution in [3.8, 4) is 0 Å². The van der Waals surface area contributed by atoms with Crippen LogP contribution in [0.25, 0.3) is 0 Å². The molecule has 0 aromatic rings. The summed E-state index contributed by atoms with van der Waals surface area (Å²) in [4.78, 5) is 0. The van der Waals surface area contributed by atoms with Crippen LogP contribution in [0.5, 0.6) is 0 Å². The molecule has 0 aliphatic rings. The Kier molecular flexibility index (Phi) is 11.8. The minimum atomic E-state index is -6.06. The molecule has 0 aliphatic carbocycles. The molecule has 0 spiro atoms. The van der Waals surface area contributed by atoms with Crippen molar-refractivity contribution >= 4 is 0 Å². The maximum Gasteiger partial charge on any atom is 1.00 e. The summed E-state index contributed by atoms with van der Waals surface area (Å²) < 4.78 is 62.6. The first-order chi connectivity index (χ1) is 3.25. The van der Waals surface area contributed by atoms with Crippen LogP contribution in [0.1, 0.15) is 2.85 Å². The van der Waals surface area contributed by atoms with E-state index in [0.29, 0.717) is 0 Å². The Balaban J connectivity index is -0.0000000408. The molecule has 0 fully saturated rings. The minimum absolute atomic E-state index is 0. The van der Waals surface area contributed by atoms with Crippen LogP contribution in [0, 0.1) is 0 Å². The van der Waals surface area contributed by atoms with E-state index in [1.54, 1.807) is 0 Å². The number of hydrogen-bond donors (Lipinski definition) is 0. The Morgan fingerprint density at radius 3 is 0.700 bits per heavy atom. The van der Waals surface area contributed by atoms with Crippen molar-refractivity contribution in [3.05, 3.63) is 0 Å². The van der Waals surface area contributed by atoms with E-state index in [-0.39, 0.29) is 106 Å². The summed E-state index contributed by atoms with van der Waals surface area (Å²) in [6, 6.07) is 0. The summed E-state index contributed by atoms with van der Waals surface area (Å²) >= 11 is 0. The molecule has 10 heavy (non-hydrogen) atoms. The van der Waals surface area contributed by atoms with E-state index >= 15 is 0 Å². The van der Waals surface area contributed by atoms with E-state index in [1.807, 2.05) is 0 Å². The SMILES string of the molecule is FC(F)(F)C(F)(F)F.[H-].[H-].[K+].[K+]. The monoisotopic (exact) mass is 218 g/mol. The third kappa shape index (κ3) is 7.50. The Bertz CT molecular complexity index is 76.5. The normalized spacial score (nSPS) is 11.4. The molecular weight excluding hydrogens is 216 g/mol. The molecule has 0 bridgehead atoms. The van der Waals surface area contributed by atoms with E-state index in [1.165, 1.54) is 0 Å². The molecular formula is C2H2F6K2. The van der Waals surface area contributed by atoms with Gasteiger partial charge in [-0.3, -0.25) is 0 Å². The van der Waals surface area contributed by atoms with Crippen molar-refractivity contribution in [2.75, 3.05) is 0 Å². The van der Waals surface area contributed by atoms with Crippen molar-refractivity contribution in [2.45, 2.75) is 12.4 Å². The standard InChI is InChI=1S/C2F6.2K.2H/c3-1(4,5)2(6,7)8;;;;/q;2*+1;2*-1. The largest absolute Gasteiger partial charge is 1.00 e. The first kappa shape index (κ1) is 18.6. The van der Waals surface area contributed by atoms with Gasteiger partial charge in [0, 0.05) is 0 Å². The number of alkyl halides is 6. The third-order valence-corrected chi connectivity index (χ3v) is 0.321. The van der Waals surface area contributed by atoms with Crippen molar-refractivity contribution < 1.29 is 132 Å². The molecule has 0 saturated carbocycles. The first-order valence-electron chi connectivity index (χ1n) is 1.38. The van der Waals surface area contributed by atoms with Crippen molar-refractivity contribution in [1.29, 1.82) is 0 Å². The van der Waals surface area contributed by atoms with Crippen LogP contribution in [-0.2, 0) is 0 Å². The fourth-order valence-corrected chi connectivity index (χ4v) is 0. The van der Waals surface area contributed by atoms with Gasteiger partial charge in [-0.15, -0.1) is 0 Å². The van der Waals surface area contributed by atoms with Crippen molar-refractivity contribution in [3.63, 3.8) is 0 Å². The Morgan fingerprint density at radius 1 is 0.600 bits per heavy atom. The molecule has 0 aromatic carbocycles. The first-order valence-corrected chi connectivity index (χ1v) is 1.38. The Labute approximate surface area is 141 Å². The summed E-state index contributed by atoms with van der Waals surface area (Å²) in [7, 11) is 0. The molecule has 0 atom stereocenters. The topological polar surface area (TPSA) is 0 Å². The average Bonchev–Trinajstić information content (AvgIpc) is 1.25. The van der Waals surface area contributed by atoms with Crippen LogP contribution in [0.3, 0.4) is 0 Å². The van der Waals surface area contributed by atoms with Crippen molar-refractivity contribution in [1.82, 2.24) is 0 Å². The van der Waals surface area contributed by atoms with Crippen LogP contribution in [0.2, 0.25) is 0 Å². The smallest absolute Gasteiger partial charge is 1.00 e. The summed E-state index contributed by atoms with van der Waals surface area (Å²) in [6.07, 6.45) is -12.1. The average molecular weight is 218 g/mol. The van der Waals surface area contributed by atoms with Crippen LogP contribution in [-0.4, -0.2) is 12.4 Å². The second kappa shape index (κ2) is 6.33. The van der Waals surface area contributed by atoms with Crippen LogP contribution < -0.4 is 103 Å². The minimum Gasteiger partial charge on any atom is -1.00 e. The fraction of sp³-hybridized carbons (Fsp3) is 1.00. The number of rotatable bonds is 0. The molecule has 0 amide bonds. The maximum atomic E-state index is 10.4. The molecule has 8 heteroatoms. The van der Waals surface area contributed by atoms with Gasteiger partial charge >= 0.3 is 115 Å². The quantitative estimate of drug-likeness (QED) is 0.290. The second-order valence-electron chi connectivity index (χ2n) is 0.996. The molecule has 0 radical (unpaired) electrons. The zero-order chi connectivity index (χ0) is 7.00. The summed E-state index contributed by atoms with van der Waals surface area (Å²) in [5.74, 6) is 0. The predicted molar refractivity (Wildman–Crippen MR) is 14.3 cm³/mol. The fourth-order valence-electron chi connectivity index (χ4n) is 0. The van der Waals surface area contributed by atoms with Gasteiger partial charge in [-0.25, -0.2) is 0 Å². The van der Waals surface area contributed by atoms with Gasteiger partial charge in [0.2, 0.25) is 0 Å². The maximum absolute atomic E-state index is 10.4.